The van der Waals surface area contributed by atoms with Gasteiger partial charge in [-0.2, -0.15) is 0 Å². The minimum absolute atomic E-state index is 0.323. The second-order valence-electron chi connectivity index (χ2n) is 3.74. The molecular formula is C12H18FNO2. The molecule has 4 heteroatoms. The molecule has 0 aromatic heterocycles. The van der Waals surface area contributed by atoms with Crippen molar-refractivity contribution in [2.24, 2.45) is 0 Å². The van der Waals surface area contributed by atoms with E-state index < -0.39 is 6.10 Å². The molecule has 1 rings (SSSR count). The van der Waals surface area contributed by atoms with Gasteiger partial charge in [-0.25, -0.2) is 4.39 Å². The van der Waals surface area contributed by atoms with E-state index in [2.05, 4.69) is 5.32 Å². The lowest BCUT2D eigenvalue weighted by Crippen LogP contribution is -2.25. The number of halogens is 1. The van der Waals surface area contributed by atoms with Crippen LogP contribution in [0.2, 0.25) is 0 Å². The zero-order chi connectivity index (χ0) is 12.0. The molecule has 0 aliphatic rings. The van der Waals surface area contributed by atoms with Gasteiger partial charge in [0.15, 0.2) is 0 Å². The molecule has 0 saturated heterocycles. The summed E-state index contributed by atoms with van der Waals surface area (Å²) < 4.78 is 18.2. The minimum atomic E-state index is -0.822. The van der Waals surface area contributed by atoms with Crippen LogP contribution in [0.4, 0.5) is 4.39 Å². The first-order valence-electron chi connectivity index (χ1n) is 5.29. The van der Waals surface area contributed by atoms with Gasteiger partial charge in [-0.05, 0) is 13.0 Å². The Morgan fingerprint density at radius 1 is 1.50 bits per heavy atom. The van der Waals surface area contributed by atoms with Gasteiger partial charge in [-0.1, -0.05) is 17.7 Å². The maximum atomic E-state index is 13.4. The number of methoxy groups -OCH3 is 1. The van der Waals surface area contributed by atoms with Crippen LogP contribution < -0.4 is 5.32 Å². The molecule has 1 aromatic carbocycles. The molecule has 0 fully saturated rings. The Morgan fingerprint density at radius 3 is 2.94 bits per heavy atom. The molecule has 2 N–H and O–H groups in total. The van der Waals surface area contributed by atoms with Gasteiger partial charge in [-0.15, -0.1) is 0 Å². The Labute approximate surface area is 95.2 Å². The predicted molar refractivity (Wildman–Crippen MR) is 60.8 cm³/mol. The fraction of sp³-hybridized carbons (Fsp3) is 0.500. The number of aliphatic hydroxyl groups is 1. The molecule has 90 valence electrons. The molecule has 0 spiro atoms. The molecule has 0 bridgehead atoms. The van der Waals surface area contributed by atoms with Crippen molar-refractivity contribution in [1.29, 1.82) is 0 Å². The third-order valence-electron chi connectivity index (χ3n) is 2.33. The van der Waals surface area contributed by atoms with Crippen LogP contribution in [0.5, 0.6) is 0 Å². The molecule has 16 heavy (non-hydrogen) atoms. The van der Waals surface area contributed by atoms with Crippen molar-refractivity contribution in [2.75, 3.05) is 26.8 Å². The molecule has 0 amide bonds. The second-order valence-corrected chi connectivity index (χ2v) is 3.74. The van der Waals surface area contributed by atoms with E-state index in [4.69, 9.17) is 4.74 Å². The number of hydrogen-bond donors (Lipinski definition) is 2. The normalized spacial score (nSPS) is 12.8. The summed E-state index contributed by atoms with van der Waals surface area (Å²) in [4.78, 5) is 0. The lowest BCUT2D eigenvalue weighted by atomic mass is 10.1. The van der Waals surface area contributed by atoms with E-state index in [-0.39, 0.29) is 5.82 Å². The minimum Gasteiger partial charge on any atom is -0.387 e. The molecule has 1 unspecified atom stereocenters. The standard InChI is InChI=1S/C12H18FNO2/c1-9-3-4-11(13)10(7-9)12(15)8-14-5-6-16-2/h3-4,7,12,14-15H,5-6,8H2,1-2H3. The van der Waals surface area contributed by atoms with Crippen molar-refractivity contribution in [2.45, 2.75) is 13.0 Å². The summed E-state index contributed by atoms with van der Waals surface area (Å²) in [7, 11) is 1.61. The lowest BCUT2D eigenvalue weighted by Gasteiger charge is -2.13. The zero-order valence-corrected chi connectivity index (χ0v) is 9.66. The van der Waals surface area contributed by atoms with E-state index in [0.29, 0.717) is 25.3 Å². The number of aliphatic hydroxyl groups excluding tert-OH is 1. The highest BCUT2D eigenvalue weighted by molar-refractivity contribution is 5.26. The maximum Gasteiger partial charge on any atom is 0.129 e. The van der Waals surface area contributed by atoms with Crippen LogP contribution in [-0.2, 0) is 4.74 Å². The third-order valence-corrected chi connectivity index (χ3v) is 2.33. The lowest BCUT2D eigenvalue weighted by molar-refractivity contribution is 0.158. The van der Waals surface area contributed by atoms with E-state index in [1.165, 1.54) is 6.07 Å². The third kappa shape index (κ3) is 3.89. The molecule has 3 nitrogen and oxygen atoms in total. The number of rotatable bonds is 6. The highest BCUT2D eigenvalue weighted by atomic mass is 19.1. The van der Waals surface area contributed by atoms with Gasteiger partial charge in [0, 0.05) is 25.8 Å². The Hall–Kier alpha value is -0.970. The van der Waals surface area contributed by atoms with Crippen LogP contribution in [0.3, 0.4) is 0 Å². The summed E-state index contributed by atoms with van der Waals surface area (Å²) in [5, 5.41) is 12.8. The van der Waals surface area contributed by atoms with Gasteiger partial charge in [0.1, 0.15) is 5.82 Å². The molecule has 0 aliphatic carbocycles. The summed E-state index contributed by atoms with van der Waals surface area (Å²) in [5.74, 6) is -0.369. The predicted octanol–water partition coefficient (Wildman–Crippen LogP) is 1.40. The van der Waals surface area contributed by atoms with E-state index in [9.17, 15) is 9.50 Å². The van der Waals surface area contributed by atoms with Crippen molar-refractivity contribution in [3.63, 3.8) is 0 Å². The molecule has 1 atom stereocenters. The first-order chi connectivity index (χ1) is 7.65. The summed E-state index contributed by atoms with van der Waals surface area (Å²) in [6.07, 6.45) is -0.822. The van der Waals surface area contributed by atoms with Gasteiger partial charge in [0.25, 0.3) is 0 Å². The zero-order valence-electron chi connectivity index (χ0n) is 9.66. The average molecular weight is 227 g/mol. The Balaban J connectivity index is 2.51. The van der Waals surface area contributed by atoms with Crippen LogP contribution in [0.15, 0.2) is 18.2 Å². The van der Waals surface area contributed by atoms with Gasteiger partial charge in [-0.3, -0.25) is 0 Å². The first-order valence-corrected chi connectivity index (χ1v) is 5.29. The first kappa shape index (κ1) is 13.1. The van der Waals surface area contributed by atoms with Crippen molar-refractivity contribution >= 4 is 0 Å². The van der Waals surface area contributed by atoms with E-state index in [0.717, 1.165) is 5.56 Å². The van der Waals surface area contributed by atoms with Crippen molar-refractivity contribution in [1.82, 2.24) is 5.32 Å². The van der Waals surface area contributed by atoms with Gasteiger partial charge in [0.2, 0.25) is 0 Å². The summed E-state index contributed by atoms with van der Waals surface area (Å²) >= 11 is 0. The summed E-state index contributed by atoms with van der Waals surface area (Å²) in [6.45, 7) is 3.40. The van der Waals surface area contributed by atoms with Gasteiger partial charge in [0.05, 0.1) is 12.7 Å². The maximum absolute atomic E-state index is 13.4. The Kier molecular flexibility index (Phi) is 5.38. The van der Waals surface area contributed by atoms with Crippen molar-refractivity contribution in [3.8, 4) is 0 Å². The number of benzene rings is 1. The van der Waals surface area contributed by atoms with Crippen molar-refractivity contribution in [3.05, 3.63) is 35.1 Å². The highest BCUT2D eigenvalue weighted by Gasteiger charge is 2.12. The van der Waals surface area contributed by atoms with E-state index >= 15 is 0 Å². The fourth-order valence-electron chi connectivity index (χ4n) is 1.44. The average Bonchev–Trinajstić information content (AvgIpc) is 2.27. The smallest absolute Gasteiger partial charge is 0.129 e. The Morgan fingerprint density at radius 2 is 2.25 bits per heavy atom. The SMILES string of the molecule is COCCNCC(O)c1cc(C)ccc1F. The highest BCUT2D eigenvalue weighted by Crippen LogP contribution is 2.17. The molecule has 0 saturated carbocycles. The van der Waals surface area contributed by atoms with Crippen molar-refractivity contribution < 1.29 is 14.2 Å². The van der Waals surface area contributed by atoms with Crippen LogP contribution >= 0.6 is 0 Å². The summed E-state index contributed by atoms with van der Waals surface area (Å²) in [5.41, 5.74) is 1.28. The topological polar surface area (TPSA) is 41.5 Å². The molecule has 0 heterocycles. The van der Waals surface area contributed by atoms with Crippen LogP contribution in [0.1, 0.15) is 17.2 Å². The second kappa shape index (κ2) is 6.58. The van der Waals surface area contributed by atoms with Crippen LogP contribution in [0, 0.1) is 12.7 Å². The molecule has 1 aromatic rings. The van der Waals surface area contributed by atoms with E-state index in [1.807, 2.05) is 6.92 Å². The fourth-order valence-corrected chi connectivity index (χ4v) is 1.44. The van der Waals surface area contributed by atoms with Gasteiger partial charge < -0.3 is 15.2 Å². The summed E-state index contributed by atoms with van der Waals surface area (Å²) in [6, 6.07) is 4.73. The van der Waals surface area contributed by atoms with Crippen LogP contribution in [-0.4, -0.2) is 31.9 Å². The Bertz CT molecular complexity index is 331. The molecule has 0 aliphatic heterocycles. The number of nitrogens with one attached hydrogen (secondary N) is 1. The quantitative estimate of drug-likeness (QED) is 0.722. The molecule has 0 radical (unpaired) electrons. The van der Waals surface area contributed by atoms with E-state index in [1.54, 1.807) is 19.2 Å². The number of ether oxygens (including phenoxy) is 1. The molecular weight excluding hydrogens is 209 g/mol. The number of aryl methyl sites for hydroxylation is 1. The monoisotopic (exact) mass is 227 g/mol. The number of hydrogen-bond acceptors (Lipinski definition) is 3. The largest absolute Gasteiger partial charge is 0.387 e. The van der Waals surface area contributed by atoms with Gasteiger partial charge >= 0.3 is 0 Å². The van der Waals surface area contributed by atoms with Crippen LogP contribution in [0.25, 0.3) is 0 Å².